The fourth-order valence-electron chi connectivity index (χ4n) is 2.19. The van der Waals surface area contributed by atoms with Crippen LogP contribution in [0.3, 0.4) is 0 Å². The van der Waals surface area contributed by atoms with E-state index in [2.05, 4.69) is 17.6 Å². The lowest BCUT2D eigenvalue weighted by Crippen LogP contribution is -2.41. The minimum absolute atomic E-state index is 0.260. The number of anilines is 1. The third-order valence-corrected chi connectivity index (χ3v) is 4.70. The molecule has 0 aromatic carbocycles. The largest absolute Gasteiger partial charge is 0.491 e. The van der Waals surface area contributed by atoms with E-state index in [-0.39, 0.29) is 11.3 Å². The maximum Gasteiger partial charge on any atom is 0.491 e. The van der Waals surface area contributed by atoms with Crippen molar-refractivity contribution in [3.05, 3.63) is 28.9 Å². The summed E-state index contributed by atoms with van der Waals surface area (Å²) >= 11 is 4.24. The molecule has 0 amide bonds. The van der Waals surface area contributed by atoms with Gasteiger partial charge in [-0.3, -0.25) is 0 Å². The number of nitrogens with zero attached hydrogens (tertiary/aromatic N) is 1. The third kappa shape index (κ3) is 3.73. The van der Waals surface area contributed by atoms with Gasteiger partial charge in [-0.05, 0) is 44.8 Å². The smallest absolute Gasteiger partial charge is 0.400 e. The number of alkyl halides is 3. The Morgan fingerprint density at radius 3 is 2.29 bits per heavy atom. The molecule has 0 spiro atoms. The van der Waals surface area contributed by atoms with Gasteiger partial charge < -0.3 is 15.0 Å². The second kappa shape index (κ2) is 6.27. The molecule has 1 saturated heterocycles. The van der Waals surface area contributed by atoms with Gasteiger partial charge in [0.1, 0.15) is 5.82 Å². The summed E-state index contributed by atoms with van der Waals surface area (Å²) in [4.78, 5) is 3.62. The molecular formula is C15H20BF3N2O2S. The van der Waals surface area contributed by atoms with Crippen LogP contribution in [0, 0.1) is 0 Å². The minimum Gasteiger partial charge on any atom is -0.400 e. The minimum atomic E-state index is -4.56. The summed E-state index contributed by atoms with van der Waals surface area (Å²) in [7, 11) is -0.681. The van der Waals surface area contributed by atoms with Crippen LogP contribution in [0.4, 0.5) is 19.0 Å². The molecule has 0 bridgehead atoms. The number of hydrogen-bond acceptors (Lipinski definition) is 5. The average molecular weight is 360 g/mol. The average Bonchev–Trinajstić information content (AvgIpc) is 2.65. The summed E-state index contributed by atoms with van der Waals surface area (Å²) in [6, 6.07) is 0.955. The Morgan fingerprint density at radius 1 is 1.29 bits per heavy atom. The van der Waals surface area contributed by atoms with Gasteiger partial charge in [0.25, 0.3) is 0 Å². The molecule has 0 saturated carbocycles. The lowest BCUT2D eigenvalue weighted by Gasteiger charge is -2.32. The topological polar surface area (TPSA) is 57.4 Å². The van der Waals surface area contributed by atoms with E-state index in [0.717, 1.165) is 6.07 Å². The predicted octanol–water partition coefficient (Wildman–Crippen LogP) is 3.63. The van der Waals surface area contributed by atoms with Crippen LogP contribution in [0.15, 0.2) is 17.7 Å². The van der Waals surface area contributed by atoms with Crippen molar-refractivity contribution in [3.63, 3.8) is 0 Å². The number of aromatic nitrogens is 1. The molecule has 4 nitrogen and oxygen atoms in total. The summed E-state index contributed by atoms with van der Waals surface area (Å²) in [5.41, 5.74) is 4.12. The number of nitrogen functional groups attached to an aromatic ring is 1. The number of halogens is 3. The van der Waals surface area contributed by atoms with E-state index in [1.807, 2.05) is 27.7 Å². The molecule has 0 aliphatic carbocycles. The zero-order chi connectivity index (χ0) is 18.3. The first kappa shape index (κ1) is 19.1. The highest BCUT2D eigenvalue weighted by Gasteiger charge is 2.52. The van der Waals surface area contributed by atoms with E-state index in [0.29, 0.717) is 5.47 Å². The normalized spacial score (nSPS) is 20.5. The van der Waals surface area contributed by atoms with Gasteiger partial charge >= 0.3 is 13.3 Å². The Balaban J connectivity index is 2.36. The van der Waals surface area contributed by atoms with Gasteiger partial charge in [-0.25, -0.2) is 4.98 Å². The van der Waals surface area contributed by atoms with Crippen molar-refractivity contribution in [2.75, 3.05) is 11.5 Å². The zero-order valence-electron chi connectivity index (χ0n) is 13.9. The van der Waals surface area contributed by atoms with Crippen LogP contribution in [0.1, 0.15) is 38.8 Å². The maximum absolute atomic E-state index is 12.9. The first-order chi connectivity index (χ1) is 10.9. The molecule has 1 aromatic heterocycles. The van der Waals surface area contributed by atoms with E-state index in [1.165, 1.54) is 12.3 Å². The van der Waals surface area contributed by atoms with Crippen LogP contribution in [-0.4, -0.2) is 29.1 Å². The summed E-state index contributed by atoms with van der Waals surface area (Å²) in [5.74, 6) is -0.287. The highest BCUT2D eigenvalue weighted by atomic mass is 32.1. The van der Waals surface area contributed by atoms with Crippen molar-refractivity contribution in [1.29, 1.82) is 0 Å². The van der Waals surface area contributed by atoms with Gasteiger partial charge in [0, 0.05) is 11.9 Å². The second-order valence-electron chi connectivity index (χ2n) is 6.66. The third-order valence-electron chi connectivity index (χ3n) is 4.34. The van der Waals surface area contributed by atoms with Gasteiger partial charge in [-0.2, -0.15) is 25.8 Å². The van der Waals surface area contributed by atoms with E-state index < -0.39 is 35.9 Å². The highest BCUT2D eigenvalue weighted by Crippen LogP contribution is 2.39. The molecule has 2 rings (SSSR count). The standard InChI is InChI=1S/C15H20BF3N2O2S/c1-13(2)14(3,4)23-16(22-13)10(8-24)5-9-6-11(15(17,18)19)12(20)21-7-9/h5-7,24H,8H2,1-4H3,(H2,20,21). The van der Waals surface area contributed by atoms with Gasteiger partial charge in [0.2, 0.25) is 0 Å². The van der Waals surface area contributed by atoms with Crippen molar-refractivity contribution < 1.29 is 22.5 Å². The molecule has 0 atom stereocenters. The summed E-state index contributed by atoms with van der Waals surface area (Å²) in [5, 5.41) is 0. The second-order valence-corrected chi connectivity index (χ2v) is 6.98. The van der Waals surface area contributed by atoms with Gasteiger partial charge in [0.05, 0.1) is 16.8 Å². The Kier molecular flexibility index (Phi) is 5.00. The van der Waals surface area contributed by atoms with Crippen molar-refractivity contribution in [1.82, 2.24) is 4.98 Å². The summed E-state index contributed by atoms with van der Waals surface area (Å²) < 4.78 is 50.6. The Bertz CT molecular complexity index is 647. The Morgan fingerprint density at radius 2 is 1.83 bits per heavy atom. The van der Waals surface area contributed by atoms with Gasteiger partial charge in [0.15, 0.2) is 0 Å². The van der Waals surface area contributed by atoms with E-state index in [4.69, 9.17) is 15.0 Å². The number of pyridine rings is 1. The molecule has 24 heavy (non-hydrogen) atoms. The summed E-state index contributed by atoms with van der Waals surface area (Å²) in [6.07, 6.45) is -1.75. The zero-order valence-corrected chi connectivity index (χ0v) is 14.8. The van der Waals surface area contributed by atoms with Crippen molar-refractivity contribution in [2.45, 2.75) is 45.1 Å². The molecule has 1 aromatic rings. The molecule has 2 N–H and O–H groups in total. The van der Waals surface area contributed by atoms with Crippen LogP contribution < -0.4 is 5.73 Å². The van der Waals surface area contributed by atoms with Crippen molar-refractivity contribution in [3.8, 4) is 0 Å². The maximum atomic E-state index is 12.9. The van der Waals surface area contributed by atoms with E-state index in [9.17, 15) is 13.2 Å². The molecule has 2 heterocycles. The Hall–Kier alpha value is -1.19. The van der Waals surface area contributed by atoms with E-state index in [1.54, 1.807) is 0 Å². The molecule has 1 aliphatic heterocycles. The molecule has 132 valence electrons. The first-order valence-corrected chi connectivity index (χ1v) is 8.00. The quantitative estimate of drug-likeness (QED) is 0.639. The number of rotatable bonds is 3. The number of nitrogens with two attached hydrogens (primary N) is 1. The Labute approximate surface area is 145 Å². The molecule has 1 fully saturated rings. The first-order valence-electron chi connectivity index (χ1n) is 7.37. The lowest BCUT2D eigenvalue weighted by atomic mass is 9.78. The number of thiol groups is 1. The number of hydrogen-bond donors (Lipinski definition) is 2. The van der Waals surface area contributed by atoms with Crippen molar-refractivity contribution in [2.24, 2.45) is 0 Å². The predicted molar refractivity (Wildman–Crippen MR) is 91.6 cm³/mol. The van der Waals surface area contributed by atoms with Crippen LogP contribution >= 0.6 is 12.6 Å². The van der Waals surface area contributed by atoms with Gasteiger partial charge in [-0.1, -0.05) is 6.08 Å². The molecule has 0 radical (unpaired) electrons. The fraction of sp³-hybridized carbons (Fsp3) is 0.533. The summed E-state index contributed by atoms with van der Waals surface area (Å²) in [6.45, 7) is 7.59. The van der Waals surface area contributed by atoms with Crippen molar-refractivity contribution >= 4 is 31.6 Å². The van der Waals surface area contributed by atoms with E-state index >= 15 is 0 Å². The monoisotopic (exact) mass is 360 g/mol. The van der Waals surface area contributed by atoms with Crippen LogP contribution in [-0.2, 0) is 15.5 Å². The highest BCUT2D eigenvalue weighted by molar-refractivity contribution is 7.80. The molecule has 0 unspecified atom stereocenters. The van der Waals surface area contributed by atoms with Crippen LogP contribution in [0.5, 0.6) is 0 Å². The lowest BCUT2D eigenvalue weighted by molar-refractivity contribution is -0.137. The molecule has 9 heteroatoms. The SMILES string of the molecule is CC1(C)OB(C(=Cc2cnc(N)c(C(F)(F)F)c2)CS)OC1(C)C. The fourth-order valence-corrected chi connectivity index (χ4v) is 2.43. The van der Waals surface area contributed by atoms with Gasteiger partial charge in [-0.15, -0.1) is 0 Å². The molecule has 1 aliphatic rings. The van der Waals surface area contributed by atoms with Crippen LogP contribution in [0.2, 0.25) is 0 Å². The van der Waals surface area contributed by atoms with Crippen LogP contribution in [0.25, 0.3) is 6.08 Å². The molecular weight excluding hydrogens is 340 g/mol.